The number of rotatable bonds is 14. The lowest BCUT2D eigenvalue weighted by molar-refractivity contribution is -0.143. The van der Waals surface area contributed by atoms with E-state index in [-0.39, 0.29) is 19.3 Å². The van der Waals surface area contributed by atoms with Crippen molar-refractivity contribution in [3.63, 3.8) is 0 Å². The molecule has 0 aromatic rings. The van der Waals surface area contributed by atoms with Crippen LogP contribution in [0.5, 0.6) is 0 Å². The van der Waals surface area contributed by atoms with Gasteiger partial charge in [-0.25, -0.2) is 4.79 Å². The van der Waals surface area contributed by atoms with Gasteiger partial charge in [0, 0.05) is 12.8 Å². The predicted octanol–water partition coefficient (Wildman–Crippen LogP) is -2.34. The number of carbonyl (C=O) groups is 6. The third kappa shape index (κ3) is 10.9. The van der Waals surface area contributed by atoms with Crippen molar-refractivity contribution in [1.29, 1.82) is 0 Å². The highest BCUT2D eigenvalue weighted by molar-refractivity contribution is 5.94. The number of nitrogens with two attached hydrogens (primary N) is 2. The molecule has 0 bridgehead atoms. The number of carboxylic acids is 2. The summed E-state index contributed by atoms with van der Waals surface area (Å²) in [6.45, 7) is 4.58. The van der Waals surface area contributed by atoms with Crippen molar-refractivity contribution < 1.29 is 39.0 Å². The van der Waals surface area contributed by atoms with Gasteiger partial charge in [0.1, 0.15) is 18.1 Å². The van der Waals surface area contributed by atoms with Crippen LogP contribution < -0.4 is 27.4 Å². The van der Waals surface area contributed by atoms with Crippen LogP contribution in [-0.2, 0) is 28.8 Å². The minimum atomic E-state index is -1.47. The Bertz CT molecular complexity index is 694. The van der Waals surface area contributed by atoms with Crippen LogP contribution in [0.15, 0.2) is 0 Å². The van der Waals surface area contributed by atoms with Crippen LogP contribution >= 0.6 is 0 Å². The normalized spacial score (nSPS) is 14.6. The fourth-order valence-corrected chi connectivity index (χ4v) is 2.43. The van der Waals surface area contributed by atoms with Crippen LogP contribution in [-0.4, -0.2) is 69.9 Å². The largest absolute Gasteiger partial charge is 0.481 e. The Morgan fingerprint density at radius 2 is 1.29 bits per heavy atom. The third-order valence-electron chi connectivity index (χ3n) is 4.23. The van der Waals surface area contributed by atoms with Crippen LogP contribution in [0.3, 0.4) is 0 Å². The molecular weight excluding hydrogens is 414 g/mol. The molecule has 0 fully saturated rings. The summed E-state index contributed by atoms with van der Waals surface area (Å²) in [4.78, 5) is 70.2. The zero-order valence-electron chi connectivity index (χ0n) is 17.7. The lowest BCUT2D eigenvalue weighted by Crippen LogP contribution is -2.58. The van der Waals surface area contributed by atoms with Gasteiger partial charge in [0.2, 0.25) is 23.6 Å². The average Bonchev–Trinajstić information content (AvgIpc) is 2.64. The van der Waals surface area contributed by atoms with Gasteiger partial charge in [0.25, 0.3) is 0 Å². The van der Waals surface area contributed by atoms with Gasteiger partial charge in [-0.2, -0.15) is 0 Å². The summed E-state index contributed by atoms with van der Waals surface area (Å²) in [5.74, 6) is -6.12. The molecular formula is C18H31N5O8. The highest BCUT2D eigenvalue weighted by atomic mass is 16.4. The van der Waals surface area contributed by atoms with Gasteiger partial charge in [-0.05, 0) is 25.7 Å². The van der Waals surface area contributed by atoms with Gasteiger partial charge in [0.15, 0.2) is 0 Å². The molecule has 0 aliphatic carbocycles. The van der Waals surface area contributed by atoms with E-state index in [9.17, 15) is 33.9 Å². The van der Waals surface area contributed by atoms with Crippen molar-refractivity contribution in [2.24, 2.45) is 17.4 Å². The molecule has 0 aromatic carbocycles. The average molecular weight is 445 g/mol. The van der Waals surface area contributed by atoms with E-state index >= 15 is 0 Å². The molecule has 0 saturated heterocycles. The van der Waals surface area contributed by atoms with Gasteiger partial charge < -0.3 is 37.6 Å². The van der Waals surface area contributed by atoms with Crippen molar-refractivity contribution in [3.8, 4) is 0 Å². The molecule has 13 heteroatoms. The minimum absolute atomic E-state index is 0.136. The highest BCUT2D eigenvalue weighted by Gasteiger charge is 2.31. The van der Waals surface area contributed by atoms with Crippen LogP contribution in [0.4, 0.5) is 0 Å². The Hall–Kier alpha value is -3.22. The maximum Gasteiger partial charge on any atom is 0.326 e. The van der Waals surface area contributed by atoms with E-state index in [0.717, 1.165) is 0 Å². The van der Waals surface area contributed by atoms with Gasteiger partial charge in [-0.15, -0.1) is 0 Å². The molecule has 0 aliphatic heterocycles. The molecule has 0 saturated carbocycles. The van der Waals surface area contributed by atoms with Gasteiger partial charge in [0.05, 0.1) is 6.04 Å². The maximum absolute atomic E-state index is 12.7. The standard InChI is InChI=1S/C18H31N5O8/c1-8(2)14(17(29)22-11(18(30)31)5-7-13(25)26)23-16(28)10(4-6-12(20)24)21-15(27)9(3)19/h8-11,14H,4-7,19H2,1-3H3,(H2,20,24)(H,21,27)(H,22,29)(H,23,28)(H,25,26)(H,30,31). The zero-order valence-corrected chi connectivity index (χ0v) is 17.7. The molecule has 0 radical (unpaired) electrons. The Kier molecular flexibility index (Phi) is 11.8. The molecule has 9 N–H and O–H groups in total. The second-order valence-electron chi connectivity index (χ2n) is 7.42. The van der Waals surface area contributed by atoms with Gasteiger partial charge >= 0.3 is 11.9 Å². The number of hydrogen-bond acceptors (Lipinski definition) is 7. The first-order valence-electron chi connectivity index (χ1n) is 9.65. The van der Waals surface area contributed by atoms with Crippen LogP contribution in [0, 0.1) is 5.92 Å². The van der Waals surface area contributed by atoms with E-state index < -0.39 is 72.1 Å². The fourth-order valence-electron chi connectivity index (χ4n) is 2.43. The second-order valence-corrected chi connectivity index (χ2v) is 7.42. The van der Waals surface area contributed by atoms with Crippen LogP contribution in [0.25, 0.3) is 0 Å². The molecule has 4 atom stereocenters. The van der Waals surface area contributed by atoms with Crippen LogP contribution in [0.2, 0.25) is 0 Å². The minimum Gasteiger partial charge on any atom is -0.481 e. The summed E-state index contributed by atoms with van der Waals surface area (Å²) < 4.78 is 0. The number of carbonyl (C=O) groups excluding carboxylic acids is 4. The Labute approximate surface area is 179 Å². The molecule has 31 heavy (non-hydrogen) atoms. The number of primary amides is 1. The van der Waals surface area contributed by atoms with Crippen molar-refractivity contribution >= 4 is 35.6 Å². The smallest absolute Gasteiger partial charge is 0.326 e. The van der Waals surface area contributed by atoms with Crippen molar-refractivity contribution in [3.05, 3.63) is 0 Å². The van der Waals surface area contributed by atoms with E-state index in [4.69, 9.17) is 16.6 Å². The van der Waals surface area contributed by atoms with E-state index in [0.29, 0.717) is 0 Å². The Balaban J connectivity index is 5.38. The molecule has 176 valence electrons. The summed E-state index contributed by atoms with van der Waals surface area (Å²) in [7, 11) is 0. The summed E-state index contributed by atoms with van der Waals surface area (Å²) in [6, 6.07) is -4.80. The Morgan fingerprint density at radius 3 is 1.71 bits per heavy atom. The maximum atomic E-state index is 12.7. The SMILES string of the molecule is CC(N)C(=O)NC(CCC(N)=O)C(=O)NC(C(=O)NC(CCC(=O)O)C(=O)O)C(C)C. The molecule has 0 aliphatic rings. The molecule has 0 aromatic heterocycles. The summed E-state index contributed by atoms with van der Waals surface area (Å²) in [6.07, 6.45) is -1.18. The third-order valence-corrected chi connectivity index (χ3v) is 4.23. The molecule has 0 rings (SSSR count). The molecule has 0 heterocycles. The first kappa shape index (κ1) is 27.8. The molecule has 4 amide bonds. The number of aliphatic carboxylic acids is 2. The predicted molar refractivity (Wildman–Crippen MR) is 107 cm³/mol. The van der Waals surface area contributed by atoms with E-state index in [1.54, 1.807) is 13.8 Å². The van der Waals surface area contributed by atoms with Gasteiger partial charge in [-0.3, -0.25) is 24.0 Å². The van der Waals surface area contributed by atoms with Crippen molar-refractivity contribution in [2.75, 3.05) is 0 Å². The van der Waals surface area contributed by atoms with Gasteiger partial charge in [-0.1, -0.05) is 13.8 Å². The first-order chi connectivity index (χ1) is 14.3. The second kappa shape index (κ2) is 13.2. The van der Waals surface area contributed by atoms with E-state index in [2.05, 4.69) is 16.0 Å². The van der Waals surface area contributed by atoms with Crippen LogP contribution in [0.1, 0.15) is 46.5 Å². The summed E-state index contributed by atoms with van der Waals surface area (Å²) in [5.41, 5.74) is 10.6. The first-order valence-corrected chi connectivity index (χ1v) is 9.65. The molecule has 13 nitrogen and oxygen atoms in total. The van der Waals surface area contributed by atoms with Crippen molar-refractivity contribution in [2.45, 2.75) is 70.6 Å². The Morgan fingerprint density at radius 1 is 0.774 bits per heavy atom. The zero-order chi connectivity index (χ0) is 24.3. The number of nitrogens with one attached hydrogen (secondary N) is 3. The van der Waals surface area contributed by atoms with Crippen molar-refractivity contribution in [1.82, 2.24) is 16.0 Å². The van der Waals surface area contributed by atoms with E-state index in [1.165, 1.54) is 6.92 Å². The van der Waals surface area contributed by atoms with E-state index in [1.807, 2.05) is 0 Å². The topological polar surface area (TPSA) is 231 Å². The molecule has 0 spiro atoms. The lowest BCUT2D eigenvalue weighted by Gasteiger charge is -2.26. The number of hydrogen-bond donors (Lipinski definition) is 7. The molecule has 4 unspecified atom stereocenters. The highest BCUT2D eigenvalue weighted by Crippen LogP contribution is 2.07. The quantitative estimate of drug-likeness (QED) is 0.151. The lowest BCUT2D eigenvalue weighted by atomic mass is 10.0. The number of carboxylic acid groups (broad SMARTS) is 2. The summed E-state index contributed by atoms with van der Waals surface area (Å²) >= 11 is 0. The monoisotopic (exact) mass is 445 g/mol. The number of amides is 4. The summed E-state index contributed by atoms with van der Waals surface area (Å²) in [5, 5.41) is 24.9. The fraction of sp³-hybridized carbons (Fsp3) is 0.667.